The zero-order chi connectivity index (χ0) is 18.6. The second-order valence-corrected chi connectivity index (χ2v) is 6.18. The van der Waals surface area contributed by atoms with Gasteiger partial charge in [-0.1, -0.05) is 12.1 Å². The summed E-state index contributed by atoms with van der Waals surface area (Å²) in [5.74, 6) is -0.916. The van der Waals surface area contributed by atoms with Crippen LogP contribution in [0, 0.1) is 0 Å². The van der Waals surface area contributed by atoms with Crippen molar-refractivity contribution in [3.8, 4) is 5.75 Å². The van der Waals surface area contributed by atoms with Crippen molar-refractivity contribution < 1.29 is 29.0 Å². The Hall–Kier alpha value is -2.41. The molecule has 0 saturated carbocycles. The van der Waals surface area contributed by atoms with E-state index < -0.39 is 18.1 Å². The molecule has 0 bridgehead atoms. The molecule has 1 amide bonds. The monoisotopic (exact) mass is 349 g/mol. The molecule has 3 unspecified atom stereocenters. The SMILES string of the molecule is COC1CC(CC(=O)O)N(C(=O)C(C)Oc2cccc(C(C)=O)c2)C1. The average Bonchev–Trinajstić information content (AvgIpc) is 2.96. The first-order valence-corrected chi connectivity index (χ1v) is 8.14. The van der Waals surface area contributed by atoms with E-state index in [9.17, 15) is 14.4 Å². The molecule has 1 aliphatic heterocycles. The Morgan fingerprint density at radius 2 is 2.08 bits per heavy atom. The first-order chi connectivity index (χ1) is 11.8. The molecule has 7 nitrogen and oxygen atoms in total. The number of carboxylic acid groups (broad SMARTS) is 1. The quantitative estimate of drug-likeness (QED) is 0.754. The molecule has 0 spiro atoms. The maximum absolute atomic E-state index is 12.7. The van der Waals surface area contributed by atoms with Gasteiger partial charge in [-0.25, -0.2) is 0 Å². The number of methoxy groups -OCH3 is 1. The lowest BCUT2D eigenvalue weighted by Crippen LogP contribution is -2.44. The fraction of sp³-hybridized carbons (Fsp3) is 0.500. The normalized spacial score (nSPS) is 21.0. The lowest BCUT2D eigenvalue weighted by molar-refractivity contribution is -0.142. The number of ketones is 1. The van der Waals surface area contributed by atoms with Crippen molar-refractivity contribution in [2.45, 2.75) is 44.9 Å². The second-order valence-electron chi connectivity index (χ2n) is 6.18. The van der Waals surface area contributed by atoms with Gasteiger partial charge >= 0.3 is 5.97 Å². The van der Waals surface area contributed by atoms with E-state index in [0.29, 0.717) is 24.3 Å². The minimum absolute atomic E-state index is 0.0894. The van der Waals surface area contributed by atoms with Crippen molar-refractivity contribution >= 4 is 17.7 Å². The highest BCUT2D eigenvalue weighted by Gasteiger charge is 2.38. The lowest BCUT2D eigenvalue weighted by atomic mass is 10.1. The standard InChI is InChI=1S/C18H23NO6/c1-11(20)13-5-4-6-15(7-13)25-12(2)18(23)19-10-16(24-3)8-14(19)9-17(21)22/h4-7,12,14,16H,8-10H2,1-3H3,(H,21,22). The number of amides is 1. The van der Waals surface area contributed by atoms with E-state index in [2.05, 4.69) is 0 Å². The van der Waals surface area contributed by atoms with Gasteiger partial charge in [0.1, 0.15) is 5.75 Å². The van der Waals surface area contributed by atoms with Gasteiger partial charge in [0.2, 0.25) is 0 Å². The number of Topliss-reactive ketones (excluding diaryl/α,β-unsaturated/α-hetero) is 1. The molecule has 0 aliphatic carbocycles. The number of ether oxygens (including phenoxy) is 2. The largest absolute Gasteiger partial charge is 0.481 e. The van der Waals surface area contributed by atoms with Crippen molar-refractivity contribution in [3.05, 3.63) is 29.8 Å². The zero-order valence-corrected chi connectivity index (χ0v) is 14.6. The summed E-state index contributed by atoms with van der Waals surface area (Å²) in [5.41, 5.74) is 0.501. The molecule has 2 rings (SSSR count). The third-order valence-corrected chi connectivity index (χ3v) is 4.30. The molecule has 3 atom stereocenters. The molecule has 1 aliphatic rings. The van der Waals surface area contributed by atoms with Crippen LogP contribution < -0.4 is 4.74 Å². The van der Waals surface area contributed by atoms with Gasteiger partial charge in [0.25, 0.3) is 5.91 Å². The number of aliphatic carboxylic acids is 1. The van der Waals surface area contributed by atoms with Gasteiger partial charge in [-0.05, 0) is 32.4 Å². The number of hydrogen-bond acceptors (Lipinski definition) is 5. The Bertz CT molecular complexity index is 659. The topological polar surface area (TPSA) is 93.1 Å². The van der Waals surface area contributed by atoms with Crippen LogP contribution in [0.25, 0.3) is 0 Å². The maximum atomic E-state index is 12.7. The minimum Gasteiger partial charge on any atom is -0.481 e. The summed E-state index contributed by atoms with van der Waals surface area (Å²) in [7, 11) is 1.55. The summed E-state index contributed by atoms with van der Waals surface area (Å²) in [4.78, 5) is 36.7. The Morgan fingerprint density at radius 1 is 1.36 bits per heavy atom. The molecular formula is C18H23NO6. The Morgan fingerprint density at radius 3 is 2.68 bits per heavy atom. The van der Waals surface area contributed by atoms with Gasteiger partial charge in [-0.2, -0.15) is 0 Å². The van der Waals surface area contributed by atoms with Gasteiger partial charge in [0.05, 0.1) is 12.5 Å². The number of carbonyl (C=O) groups excluding carboxylic acids is 2. The first-order valence-electron chi connectivity index (χ1n) is 8.14. The van der Waals surface area contributed by atoms with E-state index in [4.69, 9.17) is 14.6 Å². The van der Waals surface area contributed by atoms with Crippen LogP contribution in [0.1, 0.15) is 37.0 Å². The van der Waals surface area contributed by atoms with Gasteiger partial charge in [0, 0.05) is 25.3 Å². The van der Waals surface area contributed by atoms with E-state index in [0.717, 1.165) is 0 Å². The van der Waals surface area contributed by atoms with Crippen LogP contribution in [0.4, 0.5) is 0 Å². The van der Waals surface area contributed by atoms with Crippen LogP contribution in [0.3, 0.4) is 0 Å². The van der Waals surface area contributed by atoms with E-state index in [-0.39, 0.29) is 24.2 Å². The molecule has 1 aromatic rings. The van der Waals surface area contributed by atoms with Crippen molar-refractivity contribution in [2.75, 3.05) is 13.7 Å². The first kappa shape index (κ1) is 18.9. The van der Waals surface area contributed by atoms with Crippen LogP contribution in [0.5, 0.6) is 5.75 Å². The average molecular weight is 349 g/mol. The molecule has 136 valence electrons. The van der Waals surface area contributed by atoms with Crippen LogP contribution >= 0.6 is 0 Å². The van der Waals surface area contributed by atoms with Crippen molar-refractivity contribution in [2.24, 2.45) is 0 Å². The number of hydrogen-bond donors (Lipinski definition) is 1. The van der Waals surface area contributed by atoms with Crippen LogP contribution in [-0.2, 0) is 14.3 Å². The third kappa shape index (κ3) is 4.79. The molecule has 25 heavy (non-hydrogen) atoms. The predicted octanol–water partition coefficient (Wildman–Crippen LogP) is 1.75. The number of carbonyl (C=O) groups is 3. The molecule has 1 saturated heterocycles. The van der Waals surface area contributed by atoms with E-state index in [1.807, 2.05) is 0 Å². The molecule has 1 fully saturated rings. The zero-order valence-electron chi connectivity index (χ0n) is 14.6. The van der Waals surface area contributed by atoms with E-state index in [1.165, 1.54) is 11.8 Å². The molecular weight excluding hydrogens is 326 g/mol. The van der Waals surface area contributed by atoms with Crippen molar-refractivity contribution in [3.63, 3.8) is 0 Å². The highest BCUT2D eigenvalue weighted by Crippen LogP contribution is 2.25. The number of rotatable bonds is 7. The van der Waals surface area contributed by atoms with Crippen molar-refractivity contribution in [1.29, 1.82) is 0 Å². The third-order valence-electron chi connectivity index (χ3n) is 4.30. The van der Waals surface area contributed by atoms with E-state index >= 15 is 0 Å². The Kier molecular flexibility index (Phi) is 6.14. The number of benzene rings is 1. The highest BCUT2D eigenvalue weighted by molar-refractivity contribution is 5.94. The van der Waals surface area contributed by atoms with Gasteiger partial charge in [-0.3, -0.25) is 14.4 Å². The highest BCUT2D eigenvalue weighted by atomic mass is 16.5. The molecule has 0 aromatic heterocycles. The Balaban J connectivity index is 2.08. The van der Waals surface area contributed by atoms with Crippen LogP contribution in [0.2, 0.25) is 0 Å². The van der Waals surface area contributed by atoms with Crippen molar-refractivity contribution in [1.82, 2.24) is 4.90 Å². The smallest absolute Gasteiger partial charge is 0.305 e. The summed E-state index contributed by atoms with van der Waals surface area (Å²) in [6, 6.07) is 6.21. The minimum atomic E-state index is -0.956. The second kappa shape index (κ2) is 8.11. The van der Waals surface area contributed by atoms with Gasteiger partial charge in [0.15, 0.2) is 11.9 Å². The summed E-state index contributed by atoms with van der Waals surface area (Å²) < 4.78 is 10.9. The fourth-order valence-corrected chi connectivity index (χ4v) is 2.99. The van der Waals surface area contributed by atoms with Crippen LogP contribution in [-0.4, -0.2) is 59.6 Å². The molecule has 1 N–H and O–H groups in total. The predicted molar refractivity (Wildman–Crippen MR) is 89.7 cm³/mol. The van der Waals surface area contributed by atoms with Gasteiger partial charge in [-0.15, -0.1) is 0 Å². The number of nitrogens with zero attached hydrogens (tertiary/aromatic N) is 1. The maximum Gasteiger partial charge on any atom is 0.305 e. The van der Waals surface area contributed by atoms with Crippen LogP contribution in [0.15, 0.2) is 24.3 Å². The number of likely N-dealkylation sites (tertiary alicyclic amines) is 1. The summed E-state index contributed by atoms with van der Waals surface area (Å²) >= 11 is 0. The molecule has 7 heteroatoms. The number of carboxylic acids is 1. The molecule has 1 heterocycles. The lowest BCUT2D eigenvalue weighted by Gasteiger charge is -2.26. The fourth-order valence-electron chi connectivity index (χ4n) is 2.99. The Labute approximate surface area is 146 Å². The molecule has 1 aromatic carbocycles. The summed E-state index contributed by atoms with van der Waals surface area (Å²) in [5, 5.41) is 9.05. The summed E-state index contributed by atoms with van der Waals surface area (Å²) in [6.45, 7) is 3.41. The van der Waals surface area contributed by atoms with E-state index in [1.54, 1.807) is 38.3 Å². The molecule has 0 radical (unpaired) electrons. The summed E-state index contributed by atoms with van der Waals surface area (Å²) in [6.07, 6.45) is -0.616. The van der Waals surface area contributed by atoms with Gasteiger partial charge < -0.3 is 19.5 Å².